The van der Waals surface area contributed by atoms with Crippen molar-refractivity contribution in [1.82, 2.24) is 19.4 Å². The van der Waals surface area contributed by atoms with Gasteiger partial charge >= 0.3 is 0 Å². The third-order valence-corrected chi connectivity index (χ3v) is 5.02. The minimum atomic E-state index is 0.00941. The summed E-state index contributed by atoms with van der Waals surface area (Å²) in [5, 5.41) is 9.58. The number of aliphatic hydroxyl groups excluding tert-OH is 1. The molecule has 0 aromatic carbocycles. The lowest BCUT2D eigenvalue weighted by Gasteiger charge is -2.36. The van der Waals surface area contributed by atoms with E-state index < -0.39 is 0 Å². The van der Waals surface area contributed by atoms with Crippen molar-refractivity contribution in [2.24, 2.45) is 0 Å². The largest absolute Gasteiger partial charge is 0.395 e. The fraction of sp³-hybridized carbons (Fsp3) is 0.750. The zero-order valence-electron chi connectivity index (χ0n) is 14.0. The van der Waals surface area contributed by atoms with Gasteiger partial charge in [-0.1, -0.05) is 18.5 Å². The van der Waals surface area contributed by atoms with Crippen LogP contribution in [0, 0.1) is 0 Å². The van der Waals surface area contributed by atoms with Crippen LogP contribution in [-0.2, 0) is 17.8 Å². The van der Waals surface area contributed by atoms with Crippen molar-refractivity contribution >= 4 is 17.5 Å². The van der Waals surface area contributed by atoms with Crippen molar-refractivity contribution in [2.75, 3.05) is 33.3 Å². The van der Waals surface area contributed by atoms with E-state index in [1.165, 1.54) is 0 Å². The zero-order valence-corrected chi connectivity index (χ0v) is 14.8. The highest BCUT2D eigenvalue weighted by Crippen LogP contribution is 2.17. The SMILES string of the molecule is CCN(C)C1CCN(C(=O)CCc2ncc(Cl)n2CCO)CC1. The highest BCUT2D eigenvalue weighted by Gasteiger charge is 2.24. The van der Waals surface area contributed by atoms with Gasteiger partial charge < -0.3 is 19.5 Å². The fourth-order valence-electron chi connectivity index (χ4n) is 3.12. The molecular formula is C16H27ClN4O2. The molecule has 7 heteroatoms. The molecule has 6 nitrogen and oxygen atoms in total. The summed E-state index contributed by atoms with van der Waals surface area (Å²) in [6.07, 6.45) is 4.65. The lowest BCUT2D eigenvalue weighted by Crippen LogP contribution is -2.45. The van der Waals surface area contributed by atoms with Crippen LogP contribution in [0.1, 0.15) is 32.0 Å². The molecule has 1 aromatic rings. The number of likely N-dealkylation sites (tertiary alicyclic amines) is 1. The summed E-state index contributed by atoms with van der Waals surface area (Å²) >= 11 is 6.04. The van der Waals surface area contributed by atoms with E-state index in [0.29, 0.717) is 30.6 Å². The number of hydrogen-bond acceptors (Lipinski definition) is 4. The van der Waals surface area contributed by atoms with Crippen LogP contribution in [0.2, 0.25) is 5.15 Å². The number of piperidine rings is 1. The molecule has 1 aliphatic rings. The third kappa shape index (κ3) is 4.68. The van der Waals surface area contributed by atoms with Crippen molar-refractivity contribution < 1.29 is 9.90 Å². The van der Waals surface area contributed by atoms with Crippen LogP contribution in [0.15, 0.2) is 6.20 Å². The van der Waals surface area contributed by atoms with Crippen LogP contribution in [0.25, 0.3) is 0 Å². The normalized spacial score (nSPS) is 16.3. The number of aliphatic hydroxyl groups is 1. The molecule has 1 aromatic heterocycles. The van der Waals surface area contributed by atoms with Crippen LogP contribution < -0.4 is 0 Å². The summed E-state index contributed by atoms with van der Waals surface area (Å²) < 4.78 is 1.76. The van der Waals surface area contributed by atoms with Crippen molar-refractivity contribution in [3.8, 4) is 0 Å². The topological polar surface area (TPSA) is 61.6 Å². The lowest BCUT2D eigenvalue weighted by molar-refractivity contribution is -0.132. The summed E-state index contributed by atoms with van der Waals surface area (Å²) in [6, 6.07) is 0.589. The first-order valence-corrected chi connectivity index (χ1v) is 8.73. The van der Waals surface area contributed by atoms with E-state index in [1.54, 1.807) is 10.8 Å². The maximum Gasteiger partial charge on any atom is 0.223 e. The fourth-order valence-corrected chi connectivity index (χ4v) is 3.35. The average Bonchev–Trinajstić information content (AvgIpc) is 2.93. The van der Waals surface area contributed by atoms with Crippen LogP contribution in [0.5, 0.6) is 0 Å². The molecule has 130 valence electrons. The standard InChI is InChI=1S/C16H27ClN4O2/c1-3-19(2)13-6-8-20(9-7-13)16(23)5-4-15-18-12-14(17)21(15)10-11-22/h12-13,22H,3-11H2,1-2H3. The predicted octanol–water partition coefficient (Wildman–Crippen LogP) is 1.40. The second kappa shape index (κ2) is 8.66. The molecule has 1 saturated heterocycles. The number of hydrogen-bond donors (Lipinski definition) is 1. The molecule has 0 aliphatic carbocycles. The van der Waals surface area contributed by atoms with E-state index in [-0.39, 0.29) is 12.5 Å². The quantitative estimate of drug-likeness (QED) is 0.813. The molecule has 0 atom stereocenters. The van der Waals surface area contributed by atoms with E-state index in [0.717, 1.165) is 38.3 Å². The van der Waals surface area contributed by atoms with Gasteiger partial charge in [0.05, 0.1) is 12.8 Å². The van der Waals surface area contributed by atoms with Gasteiger partial charge in [0.15, 0.2) is 0 Å². The molecule has 1 aliphatic heterocycles. The summed E-state index contributed by atoms with van der Waals surface area (Å²) in [6.45, 7) is 5.30. The Morgan fingerprint density at radius 3 is 2.78 bits per heavy atom. The van der Waals surface area contributed by atoms with Gasteiger partial charge in [-0.3, -0.25) is 4.79 Å². The summed E-state index contributed by atoms with van der Waals surface area (Å²) in [5.74, 6) is 0.940. The number of amides is 1. The van der Waals surface area contributed by atoms with Crippen molar-refractivity contribution in [3.63, 3.8) is 0 Å². The first kappa shape index (κ1) is 18.2. The van der Waals surface area contributed by atoms with Crippen LogP contribution in [0.3, 0.4) is 0 Å². The van der Waals surface area contributed by atoms with E-state index in [1.807, 2.05) is 4.90 Å². The highest BCUT2D eigenvalue weighted by atomic mass is 35.5. The molecular weight excluding hydrogens is 316 g/mol. The number of carbonyl (C=O) groups excluding carboxylic acids is 1. The number of nitrogens with zero attached hydrogens (tertiary/aromatic N) is 4. The molecule has 2 rings (SSSR count). The van der Waals surface area contributed by atoms with Crippen LogP contribution >= 0.6 is 11.6 Å². The summed E-state index contributed by atoms with van der Waals surface area (Å²) in [5.41, 5.74) is 0. The Bertz CT molecular complexity index is 512. The average molecular weight is 343 g/mol. The van der Waals surface area contributed by atoms with E-state index in [4.69, 9.17) is 16.7 Å². The van der Waals surface area contributed by atoms with Crippen molar-refractivity contribution in [3.05, 3.63) is 17.2 Å². The smallest absolute Gasteiger partial charge is 0.223 e. The Balaban J connectivity index is 1.82. The molecule has 1 N–H and O–H groups in total. The number of carbonyl (C=O) groups is 1. The number of aromatic nitrogens is 2. The van der Waals surface area contributed by atoms with E-state index in [9.17, 15) is 4.79 Å². The van der Waals surface area contributed by atoms with E-state index in [2.05, 4.69) is 23.9 Å². The number of rotatable bonds is 7. The van der Waals surface area contributed by atoms with Crippen molar-refractivity contribution in [2.45, 2.75) is 45.2 Å². The van der Waals surface area contributed by atoms with E-state index >= 15 is 0 Å². The van der Waals surface area contributed by atoms with Crippen LogP contribution in [0.4, 0.5) is 0 Å². The van der Waals surface area contributed by atoms with Crippen molar-refractivity contribution in [1.29, 1.82) is 0 Å². The molecule has 0 unspecified atom stereocenters. The zero-order chi connectivity index (χ0) is 16.8. The molecule has 1 amide bonds. The van der Waals surface area contributed by atoms with Gasteiger partial charge in [-0.2, -0.15) is 0 Å². The van der Waals surface area contributed by atoms with Gasteiger partial charge in [0.25, 0.3) is 0 Å². The highest BCUT2D eigenvalue weighted by molar-refractivity contribution is 6.29. The maximum atomic E-state index is 12.4. The van der Waals surface area contributed by atoms with Gasteiger partial charge in [-0.05, 0) is 26.4 Å². The second-order valence-corrected chi connectivity index (χ2v) is 6.44. The minimum absolute atomic E-state index is 0.00941. The minimum Gasteiger partial charge on any atom is -0.395 e. The molecule has 2 heterocycles. The molecule has 0 bridgehead atoms. The first-order valence-electron chi connectivity index (χ1n) is 8.35. The van der Waals surface area contributed by atoms with Gasteiger partial charge in [-0.15, -0.1) is 0 Å². The monoisotopic (exact) mass is 342 g/mol. The second-order valence-electron chi connectivity index (χ2n) is 6.06. The molecule has 0 saturated carbocycles. The van der Waals surface area contributed by atoms with Gasteiger partial charge in [0.2, 0.25) is 5.91 Å². The molecule has 1 fully saturated rings. The Hall–Kier alpha value is -1.11. The Morgan fingerprint density at radius 1 is 1.48 bits per heavy atom. The molecule has 0 spiro atoms. The van der Waals surface area contributed by atoms with Gasteiger partial charge in [-0.25, -0.2) is 4.98 Å². The number of aryl methyl sites for hydroxylation is 1. The number of halogens is 1. The summed E-state index contributed by atoms with van der Waals surface area (Å²) in [7, 11) is 2.15. The first-order chi connectivity index (χ1) is 11.1. The maximum absolute atomic E-state index is 12.4. The lowest BCUT2D eigenvalue weighted by atomic mass is 10.0. The third-order valence-electron chi connectivity index (χ3n) is 4.71. The Kier molecular flexibility index (Phi) is 6.87. The van der Waals surface area contributed by atoms with Gasteiger partial charge in [0, 0.05) is 38.5 Å². The van der Waals surface area contributed by atoms with Crippen LogP contribution in [-0.4, -0.2) is 69.7 Å². The Morgan fingerprint density at radius 2 is 2.17 bits per heavy atom. The van der Waals surface area contributed by atoms with Gasteiger partial charge in [0.1, 0.15) is 11.0 Å². The summed E-state index contributed by atoms with van der Waals surface area (Å²) in [4.78, 5) is 20.9. The predicted molar refractivity (Wildman–Crippen MR) is 90.5 cm³/mol. The Labute approximate surface area is 143 Å². The molecule has 23 heavy (non-hydrogen) atoms. The number of imidazole rings is 1. The molecule has 0 radical (unpaired) electrons.